The van der Waals surface area contributed by atoms with Gasteiger partial charge in [0.05, 0.1) is 29.9 Å². The van der Waals surface area contributed by atoms with Gasteiger partial charge in [-0.05, 0) is 48.9 Å². The highest BCUT2D eigenvalue weighted by Crippen LogP contribution is 2.23. The third kappa shape index (κ3) is 4.94. The van der Waals surface area contributed by atoms with Crippen molar-refractivity contribution in [2.45, 2.75) is 18.4 Å². The number of rotatable bonds is 7. The van der Waals surface area contributed by atoms with Crippen molar-refractivity contribution in [2.24, 2.45) is 0 Å². The fourth-order valence-corrected chi connectivity index (χ4v) is 3.92. The van der Waals surface area contributed by atoms with Gasteiger partial charge in [-0.2, -0.15) is 5.10 Å². The van der Waals surface area contributed by atoms with Crippen LogP contribution < -0.4 is 9.46 Å². The Balaban J connectivity index is 1.72. The highest BCUT2D eigenvalue weighted by molar-refractivity contribution is 7.92. The first-order chi connectivity index (χ1) is 12.9. The molecule has 0 aliphatic heterocycles. The zero-order chi connectivity index (χ0) is 19.4. The second-order valence-electron chi connectivity index (χ2n) is 5.67. The molecule has 9 heteroatoms. The molecule has 0 amide bonds. The molecule has 0 radical (unpaired) electrons. The lowest BCUT2D eigenvalue weighted by molar-refractivity contribution is 0.340. The maximum absolute atomic E-state index is 12.5. The van der Waals surface area contributed by atoms with Gasteiger partial charge in [0.15, 0.2) is 0 Å². The van der Waals surface area contributed by atoms with Crippen LogP contribution in [0.3, 0.4) is 0 Å². The molecule has 0 spiro atoms. The molecule has 27 heavy (non-hydrogen) atoms. The van der Waals surface area contributed by atoms with Crippen molar-refractivity contribution in [2.75, 3.05) is 11.3 Å². The van der Waals surface area contributed by atoms with Crippen molar-refractivity contribution in [3.8, 4) is 5.75 Å². The Morgan fingerprint density at radius 2 is 1.89 bits per heavy atom. The smallest absolute Gasteiger partial charge is 0.261 e. The number of ether oxygens (including phenoxy) is 1. The highest BCUT2D eigenvalue weighted by atomic mass is 35.5. The lowest BCUT2D eigenvalue weighted by Gasteiger charge is -2.08. The van der Waals surface area contributed by atoms with Crippen LogP contribution in [0.4, 0.5) is 5.69 Å². The van der Waals surface area contributed by atoms with Crippen LogP contribution in [0.2, 0.25) is 10.0 Å². The van der Waals surface area contributed by atoms with E-state index in [0.29, 0.717) is 34.6 Å². The van der Waals surface area contributed by atoms with Crippen LogP contribution in [0.15, 0.2) is 59.8 Å². The summed E-state index contributed by atoms with van der Waals surface area (Å²) in [7, 11) is -3.72. The van der Waals surface area contributed by atoms with Gasteiger partial charge in [-0.15, -0.1) is 0 Å². The summed E-state index contributed by atoms with van der Waals surface area (Å²) in [5.41, 5.74) is 1.18. The molecule has 0 aliphatic carbocycles. The second kappa shape index (κ2) is 8.21. The number of anilines is 1. The number of nitrogens with one attached hydrogen (secondary N) is 1. The molecule has 1 aromatic heterocycles. The summed E-state index contributed by atoms with van der Waals surface area (Å²) in [6.07, 6.45) is 3.03. The number of hydrogen-bond donors (Lipinski definition) is 1. The van der Waals surface area contributed by atoms with Crippen molar-refractivity contribution in [3.63, 3.8) is 0 Å². The second-order valence-corrected chi connectivity index (χ2v) is 8.20. The van der Waals surface area contributed by atoms with Crippen LogP contribution in [0.5, 0.6) is 5.75 Å². The standard InChI is InChI=1S/C18H17Cl2N3O3S/c1-2-26-16-5-7-17(8-6-16)27(24,25)22-15-10-21-23(12-15)11-13-3-4-14(19)9-18(13)20/h3-10,12,22H,2,11H2,1H3. The number of hydrogen-bond acceptors (Lipinski definition) is 4. The van der Waals surface area contributed by atoms with Crippen LogP contribution in [0, 0.1) is 0 Å². The van der Waals surface area contributed by atoms with E-state index in [1.807, 2.05) is 6.92 Å². The third-order valence-electron chi connectivity index (χ3n) is 3.68. The minimum Gasteiger partial charge on any atom is -0.494 e. The fraction of sp³-hybridized carbons (Fsp3) is 0.167. The number of halogens is 2. The van der Waals surface area contributed by atoms with Crippen molar-refractivity contribution in [1.82, 2.24) is 9.78 Å². The SMILES string of the molecule is CCOc1ccc(S(=O)(=O)Nc2cnn(Cc3ccc(Cl)cc3Cl)c2)cc1. The Kier molecular flexibility index (Phi) is 5.94. The minimum atomic E-state index is -3.72. The average Bonchev–Trinajstić information content (AvgIpc) is 3.04. The van der Waals surface area contributed by atoms with E-state index in [2.05, 4.69) is 9.82 Å². The molecule has 0 saturated carbocycles. The molecule has 0 saturated heterocycles. The predicted molar refractivity (Wildman–Crippen MR) is 106 cm³/mol. The Bertz CT molecular complexity index is 1030. The zero-order valence-electron chi connectivity index (χ0n) is 14.4. The molecule has 0 bridgehead atoms. The topological polar surface area (TPSA) is 73.2 Å². The molecule has 1 heterocycles. The van der Waals surface area contributed by atoms with E-state index in [-0.39, 0.29) is 4.90 Å². The molecule has 1 N–H and O–H groups in total. The van der Waals surface area contributed by atoms with E-state index in [4.69, 9.17) is 27.9 Å². The van der Waals surface area contributed by atoms with E-state index >= 15 is 0 Å². The van der Waals surface area contributed by atoms with Gasteiger partial charge in [-0.3, -0.25) is 9.40 Å². The summed E-state index contributed by atoms with van der Waals surface area (Å²) in [4.78, 5) is 0.138. The number of sulfonamides is 1. The molecular weight excluding hydrogens is 409 g/mol. The van der Waals surface area contributed by atoms with E-state index in [1.54, 1.807) is 41.2 Å². The largest absolute Gasteiger partial charge is 0.494 e. The molecule has 142 valence electrons. The van der Waals surface area contributed by atoms with Gasteiger partial charge >= 0.3 is 0 Å². The lowest BCUT2D eigenvalue weighted by Crippen LogP contribution is -2.12. The first-order valence-electron chi connectivity index (χ1n) is 8.09. The molecular formula is C18H17Cl2N3O3S. The molecule has 0 aliphatic rings. The predicted octanol–water partition coefficient (Wildman–Crippen LogP) is 4.44. The maximum atomic E-state index is 12.5. The molecule has 0 fully saturated rings. The van der Waals surface area contributed by atoms with Gasteiger partial charge in [-0.1, -0.05) is 29.3 Å². The minimum absolute atomic E-state index is 0.138. The Morgan fingerprint density at radius 3 is 2.56 bits per heavy atom. The maximum Gasteiger partial charge on any atom is 0.261 e. The molecule has 6 nitrogen and oxygen atoms in total. The molecule has 3 aromatic rings. The average molecular weight is 426 g/mol. The summed E-state index contributed by atoms with van der Waals surface area (Å²) >= 11 is 12.1. The number of benzene rings is 2. The first-order valence-corrected chi connectivity index (χ1v) is 10.3. The monoisotopic (exact) mass is 425 g/mol. The van der Waals surface area contributed by atoms with Gasteiger partial charge < -0.3 is 4.74 Å². The molecule has 2 aromatic carbocycles. The van der Waals surface area contributed by atoms with Crippen LogP contribution >= 0.6 is 23.2 Å². The van der Waals surface area contributed by atoms with Crippen molar-refractivity contribution < 1.29 is 13.2 Å². The zero-order valence-corrected chi connectivity index (χ0v) is 16.7. The van der Waals surface area contributed by atoms with E-state index in [0.717, 1.165) is 5.56 Å². The van der Waals surface area contributed by atoms with Crippen molar-refractivity contribution >= 4 is 38.9 Å². The molecule has 0 unspecified atom stereocenters. The summed E-state index contributed by atoms with van der Waals surface area (Å²) in [5.74, 6) is 0.615. The number of aromatic nitrogens is 2. The fourth-order valence-electron chi connectivity index (χ4n) is 2.42. The van der Waals surface area contributed by atoms with Crippen molar-refractivity contribution in [1.29, 1.82) is 0 Å². The summed E-state index contributed by atoms with van der Waals surface area (Å²) in [6, 6.07) is 11.4. The lowest BCUT2D eigenvalue weighted by atomic mass is 10.2. The van der Waals surface area contributed by atoms with Crippen LogP contribution in [0.1, 0.15) is 12.5 Å². The highest BCUT2D eigenvalue weighted by Gasteiger charge is 2.15. The van der Waals surface area contributed by atoms with Gasteiger partial charge in [0, 0.05) is 16.2 Å². The number of nitrogens with zero attached hydrogens (tertiary/aromatic N) is 2. The quantitative estimate of drug-likeness (QED) is 0.607. The first kappa shape index (κ1) is 19.5. The van der Waals surface area contributed by atoms with Gasteiger partial charge in [0.25, 0.3) is 10.0 Å². The van der Waals surface area contributed by atoms with Gasteiger partial charge in [0.2, 0.25) is 0 Å². The third-order valence-corrected chi connectivity index (χ3v) is 5.66. The van der Waals surface area contributed by atoms with Crippen molar-refractivity contribution in [3.05, 3.63) is 70.5 Å². The summed E-state index contributed by atoms with van der Waals surface area (Å²) in [5, 5.41) is 5.24. The van der Waals surface area contributed by atoms with Gasteiger partial charge in [-0.25, -0.2) is 8.42 Å². The van der Waals surface area contributed by atoms with E-state index < -0.39 is 10.0 Å². The van der Waals surface area contributed by atoms with Gasteiger partial charge in [0.1, 0.15) is 5.75 Å². The van der Waals surface area contributed by atoms with Crippen LogP contribution in [-0.4, -0.2) is 24.8 Å². The Hall–Kier alpha value is -2.22. The normalized spacial score (nSPS) is 11.4. The molecule has 0 atom stereocenters. The van der Waals surface area contributed by atoms with Crippen LogP contribution in [0.25, 0.3) is 0 Å². The van der Waals surface area contributed by atoms with E-state index in [1.165, 1.54) is 18.3 Å². The summed E-state index contributed by atoms with van der Waals surface area (Å²) < 4.78 is 34.4. The molecule has 3 rings (SSSR count). The summed E-state index contributed by atoms with van der Waals surface area (Å²) in [6.45, 7) is 2.77. The van der Waals surface area contributed by atoms with E-state index in [9.17, 15) is 8.42 Å². The van der Waals surface area contributed by atoms with Crippen LogP contribution in [-0.2, 0) is 16.6 Å². The Labute approximate surface area is 167 Å². The Morgan fingerprint density at radius 1 is 1.15 bits per heavy atom.